The molecule has 2 atom stereocenters. The molecule has 0 bridgehead atoms. The van der Waals surface area contributed by atoms with E-state index in [-0.39, 0.29) is 30.3 Å². The maximum atomic E-state index is 13.3. The van der Waals surface area contributed by atoms with Gasteiger partial charge in [-0.1, -0.05) is 61.9 Å². The van der Waals surface area contributed by atoms with E-state index in [0.717, 1.165) is 29.0 Å². The molecule has 1 aliphatic carbocycles. The van der Waals surface area contributed by atoms with Crippen molar-refractivity contribution in [2.75, 3.05) is 13.2 Å². The number of carbonyl (C=O) groups is 2. The molecule has 0 saturated heterocycles. The van der Waals surface area contributed by atoms with Crippen LogP contribution in [0, 0.1) is 18.3 Å². The van der Waals surface area contributed by atoms with E-state index in [4.69, 9.17) is 14.5 Å². The fraction of sp³-hybridized carbons (Fsp3) is 0.393. The number of ketones is 1. The number of benzene rings is 2. The number of fused-ring (bicyclic) bond motifs is 1. The van der Waals surface area contributed by atoms with Crippen molar-refractivity contribution in [3.8, 4) is 5.75 Å². The largest absolute Gasteiger partial charge is 0.490 e. The molecule has 1 heterocycles. The van der Waals surface area contributed by atoms with Gasteiger partial charge in [-0.15, -0.1) is 0 Å². The van der Waals surface area contributed by atoms with Crippen LogP contribution in [0.2, 0.25) is 0 Å². The second-order valence-corrected chi connectivity index (χ2v) is 9.75. The number of para-hydroxylation sites is 1. The van der Waals surface area contributed by atoms with Crippen molar-refractivity contribution in [2.45, 2.75) is 46.5 Å². The first-order chi connectivity index (χ1) is 15.7. The monoisotopic (exact) mass is 445 g/mol. The Kier molecular flexibility index (Phi) is 6.50. The molecule has 0 spiro atoms. The fourth-order valence-electron chi connectivity index (χ4n) is 4.88. The topological polar surface area (TPSA) is 65.0 Å². The molecule has 2 aliphatic rings. The fourth-order valence-corrected chi connectivity index (χ4v) is 4.88. The van der Waals surface area contributed by atoms with Gasteiger partial charge < -0.3 is 9.47 Å². The van der Waals surface area contributed by atoms with Gasteiger partial charge in [-0.2, -0.15) is 0 Å². The van der Waals surface area contributed by atoms with Gasteiger partial charge >= 0.3 is 5.97 Å². The third kappa shape index (κ3) is 5.08. The first-order valence-electron chi connectivity index (χ1n) is 11.5. The summed E-state index contributed by atoms with van der Waals surface area (Å²) in [5.41, 5.74) is 3.92. The molecule has 33 heavy (non-hydrogen) atoms. The van der Waals surface area contributed by atoms with E-state index in [1.807, 2.05) is 68.4 Å². The number of aliphatic imine (C=N–C) groups is 1. The number of hydrogen-bond acceptors (Lipinski definition) is 5. The summed E-state index contributed by atoms with van der Waals surface area (Å²) in [7, 11) is 0. The smallest absolute Gasteiger partial charge is 0.336 e. The second-order valence-electron chi connectivity index (χ2n) is 9.75. The quantitative estimate of drug-likeness (QED) is 0.439. The Morgan fingerprint density at radius 2 is 1.67 bits per heavy atom. The van der Waals surface area contributed by atoms with Crippen LogP contribution in [0.15, 0.2) is 70.9 Å². The van der Waals surface area contributed by atoms with Crippen molar-refractivity contribution in [1.29, 1.82) is 0 Å². The normalized spacial score (nSPS) is 21.8. The molecule has 5 heteroatoms. The molecule has 0 aromatic heterocycles. The van der Waals surface area contributed by atoms with E-state index in [2.05, 4.69) is 13.8 Å². The van der Waals surface area contributed by atoms with Crippen LogP contribution >= 0.6 is 0 Å². The highest BCUT2D eigenvalue weighted by atomic mass is 16.6. The predicted molar refractivity (Wildman–Crippen MR) is 128 cm³/mol. The van der Waals surface area contributed by atoms with Gasteiger partial charge in [0.2, 0.25) is 0 Å². The van der Waals surface area contributed by atoms with E-state index in [1.165, 1.54) is 0 Å². The Balaban J connectivity index is 1.60. The number of nitrogens with zero attached hydrogens (tertiary/aromatic N) is 1. The van der Waals surface area contributed by atoms with Gasteiger partial charge in [-0.25, -0.2) is 4.79 Å². The second kappa shape index (κ2) is 9.34. The van der Waals surface area contributed by atoms with Crippen molar-refractivity contribution < 1.29 is 19.1 Å². The number of aryl methyl sites for hydroxylation is 1. The Labute approximate surface area is 195 Å². The third-order valence-corrected chi connectivity index (χ3v) is 6.35. The average Bonchev–Trinajstić information content (AvgIpc) is 2.76. The number of esters is 1. The SMILES string of the molecule is CC1=C(C(=O)OCCOc2ccccc2)C(c2ccc(C)cc2)C2C(=O)CC(C)(C)CC2=N1. The highest BCUT2D eigenvalue weighted by Gasteiger charge is 2.47. The van der Waals surface area contributed by atoms with Crippen molar-refractivity contribution >= 4 is 17.5 Å². The van der Waals surface area contributed by atoms with Crippen molar-refractivity contribution in [3.05, 3.63) is 77.0 Å². The lowest BCUT2D eigenvalue weighted by Crippen LogP contribution is -2.44. The van der Waals surface area contributed by atoms with E-state index in [1.54, 1.807) is 0 Å². The summed E-state index contributed by atoms with van der Waals surface area (Å²) in [5.74, 6) is -0.378. The first kappa shape index (κ1) is 23.0. The van der Waals surface area contributed by atoms with E-state index >= 15 is 0 Å². The minimum absolute atomic E-state index is 0.118. The number of carbonyl (C=O) groups excluding carboxylic acids is 2. The highest BCUT2D eigenvalue weighted by Crippen LogP contribution is 2.47. The molecular weight excluding hydrogens is 414 g/mol. The van der Waals surface area contributed by atoms with Crippen molar-refractivity contribution in [1.82, 2.24) is 0 Å². The molecule has 0 N–H and O–H groups in total. The summed E-state index contributed by atoms with van der Waals surface area (Å²) in [5, 5.41) is 0. The molecule has 2 unspecified atom stereocenters. The van der Waals surface area contributed by atoms with Gasteiger partial charge in [0.1, 0.15) is 24.7 Å². The molecule has 1 saturated carbocycles. The predicted octanol–water partition coefficient (Wildman–Crippen LogP) is 5.43. The van der Waals surface area contributed by atoms with E-state index in [9.17, 15) is 9.59 Å². The lowest BCUT2D eigenvalue weighted by Gasteiger charge is -2.41. The molecule has 1 fully saturated rings. The van der Waals surface area contributed by atoms with Crippen LogP contribution < -0.4 is 4.74 Å². The Morgan fingerprint density at radius 3 is 2.36 bits per heavy atom. The van der Waals surface area contributed by atoms with Crippen LogP contribution in [0.4, 0.5) is 0 Å². The summed E-state index contributed by atoms with van der Waals surface area (Å²) >= 11 is 0. The molecule has 1 aliphatic heterocycles. The van der Waals surface area contributed by atoms with Crippen LogP contribution in [-0.4, -0.2) is 30.7 Å². The molecule has 2 aromatic carbocycles. The lowest BCUT2D eigenvalue weighted by atomic mass is 9.63. The minimum Gasteiger partial charge on any atom is -0.490 e. The maximum absolute atomic E-state index is 13.3. The van der Waals surface area contributed by atoms with Crippen molar-refractivity contribution in [2.24, 2.45) is 16.3 Å². The maximum Gasteiger partial charge on any atom is 0.336 e. The number of Topliss-reactive ketones (excluding diaryl/α,β-unsaturated/α-hetero) is 1. The number of allylic oxidation sites excluding steroid dienone is 1. The molecule has 172 valence electrons. The van der Waals surface area contributed by atoms with Crippen LogP contribution in [0.1, 0.15) is 50.7 Å². The molecule has 2 aromatic rings. The lowest BCUT2D eigenvalue weighted by molar-refractivity contribution is -0.140. The van der Waals surface area contributed by atoms with Gasteiger partial charge in [0.05, 0.1) is 11.5 Å². The Morgan fingerprint density at radius 1 is 0.970 bits per heavy atom. The number of ether oxygens (including phenoxy) is 2. The van der Waals surface area contributed by atoms with Crippen molar-refractivity contribution in [3.63, 3.8) is 0 Å². The zero-order chi connectivity index (χ0) is 23.6. The zero-order valence-corrected chi connectivity index (χ0v) is 19.8. The van der Waals surface area contributed by atoms with Gasteiger partial charge in [0.15, 0.2) is 0 Å². The summed E-state index contributed by atoms with van der Waals surface area (Å²) in [6.45, 7) is 8.43. The zero-order valence-electron chi connectivity index (χ0n) is 19.8. The Bertz CT molecular complexity index is 1100. The number of rotatable bonds is 6. The number of hydrogen-bond donors (Lipinski definition) is 0. The third-order valence-electron chi connectivity index (χ3n) is 6.35. The van der Waals surface area contributed by atoms with Gasteiger partial charge in [-0.3, -0.25) is 9.79 Å². The van der Waals surface area contributed by atoms with Crippen LogP contribution in [-0.2, 0) is 14.3 Å². The minimum atomic E-state index is -0.435. The summed E-state index contributed by atoms with van der Waals surface area (Å²) < 4.78 is 11.2. The first-order valence-corrected chi connectivity index (χ1v) is 11.5. The van der Waals surface area contributed by atoms with Crippen LogP contribution in [0.25, 0.3) is 0 Å². The molecule has 0 radical (unpaired) electrons. The molecular formula is C28H31NO4. The summed E-state index contributed by atoms with van der Waals surface area (Å²) in [6, 6.07) is 17.5. The highest BCUT2D eigenvalue weighted by molar-refractivity contribution is 6.12. The van der Waals surface area contributed by atoms with Gasteiger partial charge in [-0.05, 0) is 43.4 Å². The van der Waals surface area contributed by atoms with E-state index < -0.39 is 11.9 Å². The van der Waals surface area contributed by atoms with Gasteiger partial charge in [0.25, 0.3) is 0 Å². The molecule has 5 nitrogen and oxygen atoms in total. The van der Waals surface area contributed by atoms with Crippen LogP contribution in [0.3, 0.4) is 0 Å². The summed E-state index contributed by atoms with van der Waals surface area (Å²) in [4.78, 5) is 31.3. The summed E-state index contributed by atoms with van der Waals surface area (Å²) in [6.07, 6.45) is 1.22. The standard InChI is InChI=1S/C28H31NO4/c1-18-10-12-20(13-11-18)25-24(27(31)33-15-14-32-21-8-6-5-7-9-21)19(2)29-22-16-28(3,4)17-23(30)26(22)25/h5-13,25-26H,14-17H2,1-4H3. The molecule has 0 amide bonds. The van der Waals surface area contributed by atoms with E-state index in [0.29, 0.717) is 17.7 Å². The van der Waals surface area contributed by atoms with Gasteiger partial charge in [0, 0.05) is 23.7 Å². The average molecular weight is 446 g/mol. The molecule has 4 rings (SSSR count). The Hall–Kier alpha value is -3.21. The van der Waals surface area contributed by atoms with Crippen LogP contribution in [0.5, 0.6) is 5.75 Å².